The molecular weight excluding hydrogens is 322 g/mol. The number of fused-ring (bicyclic) bond motifs is 1. The Kier molecular flexibility index (Phi) is 4.41. The summed E-state index contributed by atoms with van der Waals surface area (Å²) in [5, 5.41) is 2.82. The molecule has 4 heterocycles. The van der Waals surface area contributed by atoms with Gasteiger partial charge in [0, 0.05) is 31.1 Å². The van der Waals surface area contributed by atoms with E-state index in [9.17, 15) is 4.79 Å². The summed E-state index contributed by atoms with van der Waals surface area (Å²) in [4.78, 5) is 21.8. The molecule has 24 heavy (non-hydrogen) atoms. The molecule has 0 radical (unpaired) electrons. The van der Waals surface area contributed by atoms with Gasteiger partial charge in [0.05, 0.1) is 12.1 Å². The van der Waals surface area contributed by atoms with E-state index in [1.54, 1.807) is 0 Å². The third-order valence-electron chi connectivity index (χ3n) is 5.03. The lowest BCUT2D eigenvalue weighted by Crippen LogP contribution is -2.56. The predicted molar refractivity (Wildman–Crippen MR) is 94.0 cm³/mol. The summed E-state index contributed by atoms with van der Waals surface area (Å²) in [5.74, 6) is 1.86. The Labute approximate surface area is 146 Å². The Balaban J connectivity index is 1.38. The monoisotopic (exact) mass is 345 g/mol. The van der Waals surface area contributed by atoms with E-state index in [4.69, 9.17) is 4.42 Å². The first-order valence-corrected chi connectivity index (χ1v) is 9.60. The van der Waals surface area contributed by atoms with E-state index in [-0.39, 0.29) is 5.91 Å². The molecule has 5 nitrogen and oxygen atoms in total. The predicted octanol–water partition coefficient (Wildman–Crippen LogP) is 2.95. The van der Waals surface area contributed by atoms with Gasteiger partial charge in [0.1, 0.15) is 5.76 Å². The highest BCUT2D eigenvalue weighted by molar-refractivity contribution is 7.13. The number of hydrogen-bond acceptors (Lipinski definition) is 5. The van der Waals surface area contributed by atoms with Crippen LogP contribution in [0.3, 0.4) is 0 Å². The van der Waals surface area contributed by atoms with Crippen LogP contribution >= 0.6 is 11.3 Å². The summed E-state index contributed by atoms with van der Waals surface area (Å²) in [6, 6.07) is 4.43. The van der Waals surface area contributed by atoms with Crippen molar-refractivity contribution in [1.29, 1.82) is 0 Å². The normalized spacial score (nSPS) is 21.7. The number of amides is 1. The first-order chi connectivity index (χ1) is 11.7. The van der Waals surface area contributed by atoms with Crippen LogP contribution in [0.4, 0.5) is 0 Å². The van der Waals surface area contributed by atoms with Crippen molar-refractivity contribution in [2.24, 2.45) is 0 Å². The summed E-state index contributed by atoms with van der Waals surface area (Å²) in [6.07, 6.45) is 4.21. The van der Waals surface area contributed by atoms with Crippen molar-refractivity contribution in [2.45, 2.75) is 38.6 Å². The van der Waals surface area contributed by atoms with Crippen molar-refractivity contribution in [3.63, 3.8) is 0 Å². The average Bonchev–Trinajstić information content (AvgIpc) is 3.23. The Morgan fingerprint density at radius 1 is 1.33 bits per heavy atom. The number of nitrogens with zero attached hydrogens (tertiary/aromatic N) is 3. The van der Waals surface area contributed by atoms with E-state index < -0.39 is 0 Å². The van der Waals surface area contributed by atoms with Gasteiger partial charge in [-0.3, -0.25) is 9.69 Å². The van der Waals surface area contributed by atoms with Gasteiger partial charge in [-0.2, -0.15) is 0 Å². The molecule has 2 fully saturated rings. The zero-order valence-electron chi connectivity index (χ0n) is 14.0. The molecule has 0 bridgehead atoms. The van der Waals surface area contributed by atoms with Crippen LogP contribution in [0.2, 0.25) is 0 Å². The van der Waals surface area contributed by atoms with Crippen LogP contribution in [0.25, 0.3) is 10.8 Å². The van der Waals surface area contributed by atoms with Crippen LogP contribution in [-0.2, 0) is 11.2 Å². The highest BCUT2D eigenvalue weighted by Gasteiger charge is 2.31. The molecule has 2 aliphatic rings. The minimum absolute atomic E-state index is 0.202. The Morgan fingerprint density at radius 3 is 3.08 bits per heavy atom. The number of rotatable bonds is 3. The second-order valence-corrected chi connectivity index (χ2v) is 7.61. The average molecular weight is 345 g/mol. The largest absolute Gasteiger partial charge is 0.459 e. The van der Waals surface area contributed by atoms with Crippen molar-refractivity contribution in [1.82, 2.24) is 14.8 Å². The van der Waals surface area contributed by atoms with Crippen molar-refractivity contribution in [2.75, 3.05) is 26.2 Å². The highest BCUT2D eigenvalue weighted by Crippen LogP contribution is 2.26. The number of piperidine rings is 1. The number of aryl methyl sites for hydroxylation is 1. The van der Waals surface area contributed by atoms with Gasteiger partial charge in [-0.25, -0.2) is 4.98 Å². The minimum atomic E-state index is 0.202. The van der Waals surface area contributed by atoms with Gasteiger partial charge in [0.15, 0.2) is 10.8 Å². The van der Waals surface area contributed by atoms with Crippen LogP contribution < -0.4 is 0 Å². The molecule has 2 aromatic heterocycles. The molecule has 1 atom stereocenters. The summed E-state index contributed by atoms with van der Waals surface area (Å²) in [7, 11) is 0. The molecule has 0 unspecified atom stereocenters. The molecule has 128 valence electrons. The van der Waals surface area contributed by atoms with E-state index in [0.717, 1.165) is 41.9 Å². The maximum absolute atomic E-state index is 12.6. The Morgan fingerprint density at radius 2 is 2.25 bits per heavy atom. The Bertz CT molecular complexity index is 723. The summed E-state index contributed by atoms with van der Waals surface area (Å²) in [5.41, 5.74) is 0.847. The molecule has 2 saturated heterocycles. The van der Waals surface area contributed by atoms with Crippen LogP contribution in [0.15, 0.2) is 21.9 Å². The molecule has 6 heteroatoms. The summed E-state index contributed by atoms with van der Waals surface area (Å²) in [6.45, 7) is 5.87. The first-order valence-electron chi connectivity index (χ1n) is 8.72. The van der Waals surface area contributed by atoms with Gasteiger partial charge in [-0.1, -0.05) is 6.42 Å². The lowest BCUT2D eigenvalue weighted by Gasteiger charge is -2.44. The van der Waals surface area contributed by atoms with E-state index in [1.165, 1.54) is 37.1 Å². The van der Waals surface area contributed by atoms with Gasteiger partial charge >= 0.3 is 0 Å². The van der Waals surface area contributed by atoms with Crippen LogP contribution in [0.5, 0.6) is 0 Å². The number of furan rings is 1. The van der Waals surface area contributed by atoms with Gasteiger partial charge in [-0.05, 0) is 38.4 Å². The second kappa shape index (κ2) is 6.69. The minimum Gasteiger partial charge on any atom is -0.459 e. The van der Waals surface area contributed by atoms with E-state index in [1.807, 2.05) is 29.3 Å². The molecule has 1 amide bonds. The number of hydrogen-bond donors (Lipinski definition) is 0. The summed E-state index contributed by atoms with van der Waals surface area (Å²) >= 11 is 1.54. The molecule has 0 spiro atoms. The van der Waals surface area contributed by atoms with Crippen molar-refractivity contribution < 1.29 is 9.21 Å². The number of piperazine rings is 1. The molecule has 4 rings (SSSR count). The van der Waals surface area contributed by atoms with Crippen LogP contribution in [0.1, 0.15) is 30.7 Å². The molecule has 2 aromatic rings. The number of aromatic nitrogens is 1. The van der Waals surface area contributed by atoms with Gasteiger partial charge in [-0.15, -0.1) is 11.3 Å². The lowest BCUT2D eigenvalue weighted by atomic mass is 9.99. The van der Waals surface area contributed by atoms with E-state index >= 15 is 0 Å². The van der Waals surface area contributed by atoms with Crippen LogP contribution in [0, 0.1) is 6.92 Å². The second-order valence-electron chi connectivity index (χ2n) is 6.76. The molecule has 0 saturated carbocycles. The fourth-order valence-corrected chi connectivity index (χ4v) is 4.48. The lowest BCUT2D eigenvalue weighted by molar-refractivity contribution is -0.134. The molecule has 0 N–H and O–H groups in total. The standard InChI is InChI=1S/C18H23N3O2S/c1-13-5-6-16(23-13)18-19-14(12-24-18)10-17(22)21-9-8-20-7-3-2-4-15(20)11-21/h5-6,12,15H,2-4,7-11H2,1H3/t15-/m0/s1. The fourth-order valence-electron chi connectivity index (χ4n) is 3.70. The molecule has 0 aromatic carbocycles. The number of carbonyl (C=O) groups excluding carboxylic acids is 1. The maximum Gasteiger partial charge on any atom is 0.228 e. The number of thiazole rings is 1. The molecular formula is C18H23N3O2S. The van der Waals surface area contributed by atoms with Gasteiger partial charge < -0.3 is 9.32 Å². The Hall–Kier alpha value is -1.66. The number of carbonyl (C=O) groups is 1. The fraction of sp³-hybridized carbons (Fsp3) is 0.556. The highest BCUT2D eigenvalue weighted by atomic mass is 32.1. The van der Waals surface area contributed by atoms with Crippen LogP contribution in [-0.4, -0.2) is 52.9 Å². The van der Waals surface area contributed by atoms with Crippen molar-refractivity contribution >= 4 is 17.2 Å². The van der Waals surface area contributed by atoms with E-state index in [0.29, 0.717) is 12.5 Å². The topological polar surface area (TPSA) is 49.6 Å². The van der Waals surface area contributed by atoms with Crippen molar-refractivity contribution in [3.8, 4) is 10.8 Å². The zero-order chi connectivity index (χ0) is 16.5. The maximum atomic E-state index is 12.6. The molecule has 2 aliphatic heterocycles. The SMILES string of the molecule is Cc1ccc(-c2nc(CC(=O)N3CCN4CCCC[C@H]4C3)cs2)o1. The molecule has 0 aliphatic carbocycles. The summed E-state index contributed by atoms with van der Waals surface area (Å²) < 4.78 is 5.61. The van der Waals surface area contributed by atoms with Crippen molar-refractivity contribution in [3.05, 3.63) is 29.0 Å². The smallest absolute Gasteiger partial charge is 0.228 e. The van der Waals surface area contributed by atoms with Gasteiger partial charge in [0.2, 0.25) is 5.91 Å². The third-order valence-corrected chi connectivity index (χ3v) is 5.93. The van der Waals surface area contributed by atoms with Gasteiger partial charge in [0.25, 0.3) is 0 Å². The van der Waals surface area contributed by atoms with E-state index in [2.05, 4.69) is 9.88 Å². The zero-order valence-corrected chi connectivity index (χ0v) is 14.8. The first kappa shape index (κ1) is 15.8. The quantitative estimate of drug-likeness (QED) is 0.858. The third kappa shape index (κ3) is 3.26.